The molecule has 0 bridgehead atoms. The maximum Gasteiger partial charge on any atom is 0.337 e. The van der Waals surface area contributed by atoms with Crippen molar-refractivity contribution in [1.82, 2.24) is 19.6 Å². The number of hydrogen-bond acceptors (Lipinski definition) is 5. The van der Waals surface area contributed by atoms with Gasteiger partial charge >= 0.3 is 5.97 Å². The predicted molar refractivity (Wildman–Crippen MR) is 73.0 cm³/mol. The highest BCUT2D eigenvalue weighted by atomic mass is 32.2. The summed E-state index contributed by atoms with van der Waals surface area (Å²) in [4.78, 5) is 15.2. The van der Waals surface area contributed by atoms with Gasteiger partial charge in [0.25, 0.3) is 0 Å². The molecule has 0 fully saturated rings. The maximum atomic E-state index is 11.0. The molecule has 0 radical (unpaired) electrons. The van der Waals surface area contributed by atoms with Gasteiger partial charge in [-0.25, -0.2) is 9.78 Å². The summed E-state index contributed by atoms with van der Waals surface area (Å²) >= 11 is 1.34. The van der Waals surface area contributed by atoms with Crippen molar-refractivity contribution in [3.63, 3.8) is 0 Å². The van der Waals surface area contributed by atoms with E-state index in [2.05, 4.69) is 15.2 Å². The topological polar surface area (TPSA) is 80.4 Å². The fourth-order valence-corrected chi connectivity index (χ4v) is 2.64. The lowest BCUT2D eigenvalue weighted by atomic mass is 10.2. The van der Waals surface area contributed by atoms with Gasteiger partial charge in [-0.2, -0.15) is 0 Å². The molecule has 1 N–H and O–H groups in total. The lowest BCUT2D eigenvalue weighted by molar-refractivity contribution is 0.0695. The lowest BCUT2D eigenvalue weighted by Gasteiger charge is -2.03. The summed E-state index contributed by atoms with van der Waals surface area (Å²) in [6.07, 6.45) is 1.87. The monoisotopic (exact) mass is 286 g/mol. The fraction of sp³-hybridized carbons (Fsp3) is 0.0769. The van der Waals surface area contributed by atoms with Gasteiger partial charge in [0, 0.05) is 6.20 Å². The Morgan fingerprint density at radius 1 is 1.25 bits per heavy atom. The van der Waals surface area contributed by atoms with E-state index in [9.17, 15) is 4.79 Å². The van der Waals surface area contributed by atoms with E-state index in [1.807, 2.05) is 28.8 Å². The molecule has 0 aromatic carbocycles. The van der Waals surface area contributed by atoms with Crippen LogP contribution in [0.2, 0.25) is 0 Å². The molecule has 3 aromatic heterocycles. The van der Waals surface area contributed by atoms with Crippen LogP contribution in [-0.2, 0) is 0 Å². The van der Waals surface area contributed by atoms with Crippen LogP contribution in [0.3, 0.4) is 0 Å². The molecule has 20 heavy (non-hydrogen) atoms. The number of rotatable bonds is 3. The number of aromatic nitrogens is 4. The van der Waals surface area contributed by atoms with Crippen molar-refractivity contribution in [2.75, 3.05) is 0 Å². The van der Waals surface area contributed by atoms with Gasteiger partial charge in [-0.05, 0) is 43.0 Å². The summed E-state index contributed by atoms with van der Waals surface area (Å²) < 4.78 is 1.85. The standard InChI is InChI=1S/C13H10N4O2S/c1-8-9(12(18)19)5-6-11(14-8)20-13-16-15-10-4-2-3-7-17(10)13/h2-7H,1H3,(H,18,19). The average molecular weight is 286 g/mol. The highest BCUT2D eigenvalue weighted by molar-refractivity contribution is 7.99. The van der Waals surface area contributed by atoms with E-state index in [1.165, 1.54) is 11.8 Å². The molecule has 0 saturated carbocycles. The van der Waals surface area contributed by atoms with Crippen LogP contribution >= 0.6 is 11.8 Å². The highest BCUT2D eigenvalue weighted by Crippen LogP contribution is 2.25. The van der Waals surface area contributed by atoms with Crippen LogP contribution in [0.25, 0.3) is 5.65 Å². The molecule has 0 aliphatic rings. The van der Waals surface area contributed by atoms with Crippen LogP contribution in [0.4, 0.5) is 0 Å². The molecule has 7 heteroatoms. The minimum Gasteiger partial charge on any atom is -0.478 e. The quantitative estimate of drug-likeness (QED) is 0.795. The van der Waals surface area contributed by atoms with Crippen molar-refractivity contribution in [2.24, 2.45) is 0 Å². The number of carbonyl (C=O) groups is 1. The number of carboxylic acid groups (broad SMARTS) is 1. The number of aryl methyl sites for hydroxylation is 1. The third-order valence-corrected chi connectivity index (χ3v) is 3.67. The fourth-order valence-electron chi connectivity index (χ4n) is 1.80. The molecule has 0 aliphatic heterocycles. The summed E-state index contributed by atoms with van der Waals surface area (Å²) in [5.74, 6) is -0.973. The first-order chi connectivity index (χ1) is 9.65. The first-order valence-corrected chi connectivity index (χ1v) is 6.65. The SMILES string of the molecule is Cc1nc(Sc2nnc3ccccn23)ccc1C(=O)O. The molecular formula is C13H10N4O2S. The summed E-state index contributed by atoms with van der Waals surface area (Å²) in [7, 11) is 0. The Morgan fingerprint density at radius 3 is 2.85 bits per heavy atom. The van der Waals surface area contributed by atoms with Crippen LogP contribution < -0.4 is 0 Å². The second kappa shape index (κ2) is 4.93. The molecule has 3 heterocycles. The molecule has 0 atom stereocenters. The van der Waals surface area contributed by atoms with E-state index in [4.69, 9.17) is 5.11 Å². The Hall–Kier alpha value is -2.41. The molecule has 0 unspecified atom stereocenters. The van der Waals surface area contributed by atoms with Gasteiger partial charge in [0.15, 0.2) is 5.65 Å². The minimum atomic E-state index is -0.973. The predicted octanol–water partition coefficient (Wildman–Crippen LogP) is 2.28. The van der Waals surface area contributed by atoms with Crippen molar-refractivity contribution in [1.29, 1.82) is 0 Å². The molecule has 100 valence electrons. The Labute approximate surface area is 118 Å². The van der Waals surface area contributed by atoms with Crippen molar-refractivity contribution < 1.29 is 9.90 Å². The Morgan fingerprint density at radius 2 is 2.10 bits per heavy atom. The molecule has 0 saturated heterocycles. The molecule has 0 spiro atoms. The lowest BCUT2D eigenvalue weighted by Crippen LogP contribution is -2.01. The highest BCUT2D eigenvalue weighted by Gasteiger charge is 2.11. The number of nitrogens with zero attached hydrogens (tertiary/aromatic N) is 4. The number of hydrogen-bond donors (Lipinski definition) is 1. The zero-order valence-corrected chi connectivity index (χ0v) is 11.3. The van der Waals surface area contributed by atoms with E-state index >= 15 is 0 Å². The third-order valence-electron chi connectivity index (χ3n) is 2.77. The third kappa shape index (κ3) is 2.23. The second-order valence-corrected chi connectivity index (χ2v) is 5.09. The van der Waals surface area contributed by atoms with Crippen LogP contribution in [0.1, 0.15) is 16.1 Å². The Bertz CT molecular complexity index is 800. The Kier molecular flexibility index (Phi) is 3.11. The smallest absolute Gasteiger partial charge is 0.337 e. The Balaban J connectivity index is 1.95. The summed E-state index contributed by atoms with van der Waals surface area (Å²) in [6.45, 7) is 1.68. The maximum absolute atomic E-state index is 11.0. The van der Waals surface area contributed by atoms with Gasteiger partial charge in [0.05, 0.1) is 11.3 Å². The van der Waals surface area contributed by atoms with Crippen molar-refractivity contribution in [2.45, 2.75) is 17.1 Å². The molecule has 0 aliphatic carbocycles. The van der Waals surface area contributed by atoms with Crippen LogP contribution in [0, 0.1) is 6.92 Å². The van der Waals surface area contributed by atoms with Crippen LogP contribution in [0.15, 0.2) is 46.7 Å². The van der Waals surface area contributed by atoms with E-state index in [1.54, 1.807) is 19.1 Å². The van der Waals surface area contributed by atoms with E-state index in [0.29, 0.717) is 15.9 Å². The van der Waals surface area contributed by atoms with Crippen molar-refractivity contribution in [3.8, 4) is 0 Å². The van der Waals surface area contributed by atoms with Gasteiger partial charge < -0.3 is 5.11 Å². The van der Waals surface area contributed by atoms with Gasteiger partial charge in [-0.1, -0.05) is 6.07 Å². The summed E-state index contributed by atoms with van der Waals surface area (Å²) in [6, 6.07) is 8.87. The van der Waals surface area contributed by atoms with Crippen LogP contribution in [0.5, 0.6) is 0 Å². The number of carboxylic acids is 1. The summed E-state index contributed by atoms with van der Waals surface area (Å²) in [5, 5.41) is 18.5. The summed E-state index contributed by atoms with van der Waals surface area (Å²) in [5.41, 5.74) is 1.45. The van der Waals surface area contributed by atoms with E-state index < -0.39 is 5.97 Å². The van der Waals surface area contributed by atoms with E-state index in [0.717, 1.165) is 5.65 Å². The molecule has 3 aromatic rings. The average Bonchev–Trinajstić information content (AvgIpc) is 2.82. The second-order valence-electron chi connectivity index (χ2n) is 4.10. The number of aromatic carboxylic acids is 1. The zero-order chi connectivity index (χ0) is 14.1. The van der Waals surface area contributed by atoms with Crippen molar-refractivity contribution >= 4 is 23.4 Å². The molecule has 6 nitrogen and oxygen atoms in total. The number of pyridine rings is 2. The molecular weight excluding hydrogens is 276 g/mol. The van der Waals surface area contributed by atoms with Gasteiger partial charge in [-0.15, -0.1) is 10.2 Å². The first-order valence-electron chi connectivity index (χ1n) is 5.84. The molecule has 0 amide bonds. The minimum absolute atomic E-state index is 0.209. The van der Waals surface area contributed by atoms with E-state index in [-0.39, 0.29) is 5.56 Å². The number of fused-ring (bicyclic) bond motifs is 1. The van der Waals surface area contributed by atoms with Gasteiger partial charge in [0.1, 0.15) is 5.03 Å². The largest absolute Gasteiger partial charge is 0.478 e. The normalized spacial score (nSPS) is 10.8. The zero-order valence-electron chi connectivity index (χ0n) is 10.5. The first kappa shape index (κ1) is 12.6. The van der Waals surface area contributed by atoms with Gasteiger partial charge in [-0.3, -0.25) is 4.40 Å². The van der Waals surface area contributed by atoms with Crippen LogP contribution in [-0.4, -0.2) is 30.7 Å². The molecule has 3 rings (SSSR count). The van der Waals surface area contributed by atoms with Crippen molar-refractivity contribution in [3.05, 3.63) is 47.8 Å². The van der Waals surface area contributed by atoms with Gasteiger partial charge in [0.2, 0.25) is 5.16 Å².